The largest absolute Gasteiger partial charge is 0.379 e. The second-order valence-electron chi connectivity index (χ2n) is 14.8. The number of rotatable bonds is 14. The zero-order valence-electron chi connectivity index (χ0n) is 28.9. The van der Waals surface area contributed by atoms with E-state index in [0.717, 1.165) is 89.9 Å². The molecule has 0 unspecified atom stereocenters. The summed E-state index contributed by atoms with van der Waals surface area (Å²) >= 11 is 0. The number of hydrazone groups is 2. The van der Waals surface area contributed by atoms with E-state index < -0.39 is 0 Å². The molecule has 10 heteroatoms. The normalized spacial score (nSPS) is 18.0. The Morgan fingerprint density at radius 2 is 0.884 bits per heavy atom. The summed E-state index contributed by atoms with van der Waals surface area (Å²) in [6.45, 7) is 24.4. The third kappa shape index (κ3) is 13.8. The van der Waals surface area contributed by atoms with Crippen molar-refractivity contribution < 1.29 is 0 Å². The molecule has 0 amide bonds. The number of hydrogen-bond donors (Lipinski definition) is 4. The Bertz CT molecular complexity index is 801. The molecule has 0 saturated carbocycles. The molecular weight excluding hydrogens is 536 g/mol. The summed E-state index contributed by atoms with van der Waals surface area (Å²) in [6, 6.07) is 0. The highest BCUT2D eigenvalue weighted by atomic mass is 15.5. The van der Waals surface area contributed by atoms with E-state index in [9.17, 15) is 0 Å². The molecule has 10 nitrogen and oxygen atoms in total. The Kier molecular flexibility index (Phi) is 15.6. The van der Waals surface area contributed by atoms with Crippen LogP contribution in [0.5, 0.6) is 0 Å². The van der Waals surface area contributed by atoms with Gasteiger partial charge in [0.2, 0.25) is 0 Å². The summed E-state index contributed by atoms with van der Waals surface area (Å²) in [5, 5.41) is 30.7. The van der Waals surface area contributed by atoms with Crippen LogP contribution in [-0.4, -0.2) is 95.5 Å². The zero-order chi connectivity index (χ0) is 32.1. The Morgan fingerprint density at radius 3 is 1.14 bits per heavy atom. The number of hydrogen-bond acceptors (Lipinski definition) is 6. The quantitative estimate of drug-likeness (QED) is 0.157. The molecule has 0 aliphatic carbocycles. The molecule has 2 heterocycles. The van der Waals surface area contributed by atoms with E-state index in [2.05, 4.69) is 85.4 Å². The second-order valence-corrected chi connectivity index (χ2v) is 14.8. The standard InChI is InChI=1S/C33H66N10/c1-24(2)20-40(21-25(3)4)32(36)30(34)38-42-16-12-28(13-17-42)10-9-11-29-14-18-43(19-15-29)39-31(35)33(37)41(22-26(5)6)23-27(7)8/h24-29,36-37H,9-23H2,1-8H3,(H2,34,38)(H2,35,39). The topological polar surface area (TPSA) is 137 Å². The minimum atomic E-state index is 0.345. The van der Waals surface area contributed by atoms with Gasteiger partial charge in [0, 0.05) is 52.4 Å². The predicted octanol–water partition coefficient (Wildman–Crippen LogP) is 5.31. The zero-order valence-corrected chi connectivity index (χ0v) is 28.9. The minimum Gasteiger partial charge on any atom is -0.379 e. The van der Waals surface area contributed by atoms with Gasteiger partial charge in [-0.25, -0.2) is 0 Å². The van der Waals surface area contributed by atoms with Gasteiger partial charge in [-0.15, -0.1) is 0 Å². The number of nitrogens with two attached hydrogens (primary N) is 2. The van der Waals surface area contributed by atoms with Crippen LogP contribution in [0.2, 0.25) is 0 Å². The lowest BCUT2D eigenvalue weighted by Gasteiger charge is -2.33. The molecule has 0 aromatic heterocycles. The molecule has 0 aromatic carbocycles. The average Bonchev–Trinajstić information content (AvgIpc) is 2.92. The Morgan fingerprint density at radius 1 is 0.605 bits per heavy atom. The minimum absolute atomic E-state index is 0.345. The Labute approximate surface area is 263 Å². The van der Waals surface area contributed by atoms with Gasteiger partial charge in [0.1, 0.15) is 0 Å². The molecule has 2 aliphatic heterocycles. The van der Waals surface area contributed by atoms with E-state index in [1.165, 1.54) is 19.3 Å². The van der Waals surface area contributed by atoms with Gasteiger partial charge in [0.05, 0.1) is 0 Å². The summed E-state index contributed by atoms with van der Waals surface area (Å²) < 4.78 is 0. The molecule has 2 rings (SSSR count). The van der Waals surface area contributed by atoms with Crippen molar-refractivity contribution in [3.8, 4) is 0 Å². The van der Waals surface area contributed by atoms with Crippen LogP contribution in [0.25, 0.3) is 0 Å². The monoisotopic (exact) mass is 603 g/mol. The number of nitrogens with one attached hydrogen (secondary N) is 2. The fraction of sp³-hybridized carbons (Fsp3) is 0.879. The molecule has 0 bridgehead atoms. The molecule has 0 aromatic rings. The molecule has 0 radical (unpaired) electrons. The van der Waals surface area contributed by atoms with Crippen LogP contribution in [0.1, 0.15) is 100 Å². The van der Waals surface area contributed by atoms with Crippen molar-refractivity contribution >= 4 is 23.3 Å². The van der Waals surface area contributed by atoms with E-state index in [1.807, 2.05) is 0 Å². The lowest BCUT2D eigenvalue weighted by atomic mass is 9.87. The van der Waals surface area contributed by atoms with Crippen LogP contribution in [0, 0.1) is 46.3 Å². The summed E-state index contributed by atoms with van der Waals surface area (Å²) in [6.07, 6.45) is 8.43. The van der Waals surface area contributed by atoms with Crippen molar-refractivity contribution in [2.45, 2.75) is 100 Å². The molecule has 248 valence electrons. The first-order valence-corrected chi connectivity index (χ1v) is 17.1. The summed E-state index contributed by atoms with van der Waals surface area (Å²) in [7, 11) is 0. The molecule has 6 N–H and O–H groups in total. The number of amidine groups is 4. The summed E-state index contributed by atoms with van der Waals surface area (Å²) in [5.41, 5.74) is 12.6. The maximum Gasteiger partial charge on any atom is 0.185 e. The first kappa shape index (κ1) is 36.7. The first-order valence-electron chi connectivity index (χ1n) is 17.1. The molecular formula is C33H66N10. The average molecular weight is 603 g/mol. The van der Waals surface area contributed by atoms with Crippen molar-refractivity contribution in [3.05, 3.63) is 0 Å². The molecule has 2 aliphatic rings. The fourth-order valence-electron chi connectivity index (χ4n) is 6.31. The highest BCUT2D eigenvalue weighted by Crippen LogP contribution is 2.27. The Hall–Kier alpha value is -2.52. The maximum atomic E-state index is 8.63. The van der Waals surface area contributed by atoms with Crippen molar-refractivity contribution in [2.75, 3.05) is 52.4 Å². The van der Waals surface area contributed by atoms with Crippen molar-refractivity contribution in [3.63, 3.8) is 0 Å². The lowest BCUT2D eigenvalue weighted by molar-refractivity contribution is 0.168. The van der Waals surface area contributed by atoms with Crippen LogP contribution in [-0.2, 0) is 0 Å². The van der Waals surface area contributed by atoms with E-state index in [-0.39, 0.29) is 0 Å². The van der Waals surface area contributed by atoms with Crippen molar-refractivity contribution in [2.24, 2.45) is 57.2 Å². The lowest BCUT2D eigenvalue weighted by Crippen LogP contribution is -2.45. The number of piperidine rings is 2. The molecule has 2 saturated heterocycles. The van der Waals surface area contributed by atoms with Gasteiger partial charge in [-0.1, -0.05) is 74.7 Å². The molecule has 43 heavy (non-hydrogen) atoms. The van der Waals surface area contributed by atoms with E-state index >= 15 is 0 Å². The van der Waals surface area contributed by atoms with Gasteiger partial charge in [0.15, 0.2) is 23.3 Å². The highest BCUT2D eigenvalue weighted by Gasteiger charge is 2.24. The maximum absolute atomic E-state index is 8.63. The van der Waals surface area contributed by atoms with Crippen LogP contribution >= 0.6 is 0 Å². The third-order valence-corrected chi connectivity index (χ3v) is 8.36. The second kappa shape index (κ2) is 18.3. The summed E-state index contributed by atoms with van der Waals surface area (Å²) in [4.78, 5) is 4.15. The third-order valence-electron chi connectivity index (χ3n) is 8.36. The van der Waals surface area contributed by atoms with Gasteiger partial charge in [-0.3, -0.25) is 20.8 Å². The van der Waals surface area contributed by atoms with Crippen LogP contribution in [0.3, 0.4) is 0 Å². The van der Waals surface area contributed by atoms with Crippen LogP contribution in [0.4, 0.5) is 0 Å². The van der Waals surface area contributed by atoms with Gasteiger partial charge in [-0.2, -0.15) is 10.2 Å². The molecule has 0 spiro atoms. The van der Waals surface area contributed by atoms with Gasteiger partial charge in [-0.05, 0) is 61.2 Å². The predicted molar refractivity (Wildman–Crippen MR) is 184 cm³/mol. The van der Waals surface area contributed by atoms with E-state index in [4.69, 9.17) is 22.3 Å². The smallest absolute Gasteiger partial charge is 0.185 e. The number of nitrogens with zero attached hydrogens (tertiary/aromatic N) is 6. The van der Waals surface area contributed by atoms with Gasteiger partial charge < -0.3 is 21.3 Å². The van der Waals surface area contributed by atoms with E-state index in [0.29, 0.717) is 47.0 Å². The van der Waals surface area contributed by atoms with Gasteiger partial charge >= 0.3 is 0 Å². The van der Waals surface area contributed by atoms with E-state index in [1.54, 1.807) is 0 Å². The van der Waals surface area contributed by atoms with Crippen molar-refractivity contribution in [1.82, 2.24) is 19.8 Å². The highest BCUT2D eigenvalue weighted by molar-refractivity contribution is 6.38. The van der Waals surface area contributed by atoms with Gasteiger partial charge in [0.25, 0.3) is 0 Å². The summed E-state index contributed by atoms with van der Waals surface area (Å²) in [5.74, 6) is 4.82. The fourth-order valence-corrected chi connectivity index (χ4v) is 6.31. The van der Waals surface area contributed by atoms with Crippen LogP contribution in [0.15, 0.2) is 10.2 Å². The molecule has 0 atom stereocenters. The SMILES string of the molecule is CC(C)CN(CC(C)C)C(=N)C(N)=NN1CCC(CCCC2CCN(N=C(N)C(=N)N(CC(C)C)CC(C)C)CC2)CC1. The van der Waals surface area contributed by atoms with Crippen LogP contribution < -0.4 is 11.5 Å². The first-order chi connectivity index (χ1) is 20.2. The Balaban J connectivity index is 1.72. The van der Waals surface area contributed by atoms with Crippen molar-refractivity contribution in [1.29, 1.82) is 10.8 Å². The molecule has 2 fully saturated rings.